The average Bonchev–Trinajstić information content (AvgIpc) is 3.20. The first-order chi connectivity index (χ1) is 16.7. The maximum atomic E-state index is 14.2. The van der Waals surface area contributed by atoms with Gasteiger partial charge in [0.25, 0.3) is 0 Å². The van der Waals surface area contributed by atoms with Gasteiger partial charge in [0.2, 0.25) is 5.88 Å². The van der Waals surface area contributed by atoms with Crippen molar-refractivity contribution in [3.63, 3.8) is 0 Å². The molecule has 12 heteroatoms. The molecular weight excluding hydrogens is 468 g/mol. The summed E-state index contributed by atoms with van der Waals surface area (Å²) in [7, 11) is 0. The molecule has 5 N–H and O–H groups in total. The zero-order valence-electron chi connectivity index (χ0n) is 18.5. The molecule has 0 spiro atoms. The highest BCUT2D eigenvalue weighted by Gasteiger charge is 2.29. The van der Waals surface area contributed by atoms with E-state index in [0.717, 1.165) is 25.9 Å². The van der Waals surface area contributed by atoms with Gasteiger partial charge in [-0.15, -0.1) is 5.10 Å². The number of aliphatic hydroxyl groups excluding tert-OH is 2. The third-order valence-electron chi connectivity index (χ3n) is 5.35. The molecule has 2 heterocycles. The van der Waals surface area contributed by atoms with Crippen LogP contribution in [0.15, 0.2) is 42.5 Å². The molecule has 0 bridgehead atoms. The van der Waals surface area contributed by atoms with E-state index in [1.165, 1.54) is 22.9 Å². The molecule has 0 unspecified atom stereocenters. The van der Waals surface area contributed by atoms with Crippen molar-refractivity contribution >= 4 is 22.8 Å². The van der Waals surface area contributed by atoms with Crippen molar-refractivity contribution in [2.75, 3.05) is 19.7 Å². The lowest BCUT2D eigenvalue weighted by molar-refractivity contribution is -0.165. The van der Waals surface area contributed by atoms with Gasteiger partial charge in [0, 0.05) is 12.5 Å². The van der Waals surface area contributed by atoms with Crippen LogP contribution in [-0.2, 0) is 9.59 Å². The Balaban J connectivity index is 0.000000292. The number of halogens is 2. The van der Waals surface area contributed by atoms with Gasteiger partial charge in [0.1, 0.15) is 17.3 Å². The number of carboxylic acid groups (broad SMARTS) is 2. The van der Waals surface area contributed by atoms with E-state index in [0.29, 0.717) is 35.0 Å². The topological polar surface area (TPSA) is 154 Å². The number of aliphatic carboxylic acids is 2. The van der Waals surface area contributed by atoms with Crippen LogP contribution >= 0.6 is 0 Å². The molecular formula is C23H25F2N3O7. The molecule has 0 radical (unpaired) electrons. The minimum absolute atomic E-state index is 0.313. The first-order valence-corrected chi connectivity index (χ1v) is 10.8. The Bertz CT molecular complexity index is 1160. The maximum Gasteiger partial charge on any atom is 0.335 e. The molecule has 0 amide bonds. The number of nitrogens with one attached hydrogen (secondary N) is 1. The Labute approximate surface area is 198 Å². The fourth-order valence-corrected chi connectivity index (χ4v) is 3.51. The Hall–Kier alpha value is -3.61. The SMILES string of the molecule is Fc1ccc2c(c1)c(OC[C@H]1CCCNC1)nn2-c1ccccc1F.O=C(O)[C@H](O)[C@@H](O)C(=O)O. The molecule has 1 aliphatic heterocycles. The predicted octanol–water partition coefficient (Wildman–Crippen LogP) is 1.56. The van der Waals surface area contributed by atoms with Crippen molar-refractivity contribution < 1.29 is 43.5 Å². The largest absolute Gasteiger partial charge is 0.479 e. The van der Waals surface area contributed by atoms with E-state index in [4.69, 9.17) is 25.2 Å². The number of carbonyl (C=O) groups is 2. The van der Waals surface area contributed by atoms with Crippen molar-refractivity contribution in [2.45, 2.75) is 25.0 Å². The highest BCUT2D eigenvalue weighted by atomic mass is 19.1. The van der Waals surface area contributed by atoms with Gasteiger partial charge in [-0.3, -0.25) is 0 Å². The molecule has 10 nitrogen and oxygen atoms in total. The minimum Gasteiger partial charge on any atom is -0.479 e. The van der Waals surface area contributed by atoms with Crippen LogP contribution in [0, 0.1) is 17.6 Å². The lowest BCUT2D eigenvalue weighted by Gasteiger charge is -2.22. The van der Waals surface area contributed by atoms with Gasteiger partial charge in [-0.25, -0.2) is 23.1 Å². The van der Waals surface area contributed by atoms with Gasteiger partial charge in [0.15, 0.2) is 12.2 Å². The summed E-state index contributed by atoms with van der Waals surface area (Å²) in [6.45, 7) is 2.44. The van der Waals surface area contributed by atoms with Gasteiger partial charge in [-0.1, -0.05) is 12.1 Å². The number of piperidine rings is 1. The fourth-order valence-electron chi connectivity index (χ4n) is 3.51. The minimum atomic E-state index is -2.27. The summed E-state index contributed by atoms with van der Waals surface area (Å²) in [5.74, 6) is -3.56. The summed E-state index contributed by atoms with van der Waals surface area (Å²) in [5, 5.41) is 40.8. The van der Waals surface area contributed by atoms with E-state index in [9.17, 15) is 18.4 Å². The van der Waals surface area contributed by atoms with Crippen LogP contribution in [0.25, 0.3) is 16.6 Å². The third-order valence-corrected chi connectivity index (χ3v) is 5.35. The van der Waals surface area contributed by atoms with Gasteiger partial charge in [-0.2, -0.15) is 0 Å². The summed E-state index contributed by atoms with van der Waals surface area (Å²) in [6, 6.07) is 10.7. The smallest absolute Gasteiger partial charge is 0.335 e. The van der Waals surface area contributed by atoms with Gasteiger partial charge >= 0.3 is 11.9 Å². The molecule has 2 aromatic carbocycles. The molecule has 188 valence electrons. The molecule has 1 fully saturated rings. The number of carboxylic acids is 2. The standard InChI is InChI=1S/C19H19F2N3O.C4H6O6/c20-14-7-8-17-15(10-14)19(25-12-13-4-3-9-22-11-13)23-24(17)18-6-2-1-5-16(18)21;5-1(3(7)8)2(6)4(9)10/h1-2,5-8,10,13,22H,3-4,9,11-12H2;1-2,5-6H,(H,7,8)(H,9,10)/t13-;1-,2-/m01/s1. The second-order valence-electron chi connectivity index (χ2n) is 7.92. The third kappa shape index (κ3) is 6.50. The summed E-state index contributed by atoms with van der Waals surface area (Å²) in [5.41, 5.74) is 0.927. The Morgan fingerprint density at radius 3 is 2.40 bits per heavy atom. The van der Waals surface area contributed by atoms with Crippen molar-refractivity contribution in [1.29, 1.82) is 0 Å². The van der Waals surface area contributed by atoms with E-state index in [-0.39, 0.29) is 11.6 Å². The Kier molecular flexibility index (Phi) is 8.68. The van der Waals surface area contributed by atoms with Crippen molar-refractivity contribution in [1.82, 2.24) is 15.1 Å². The average molecular weight is 493 g/mol. The molecule has 3 atom stereocenters. The number of ether oxygens (including phenoxy) is 1. The number of hydrogen-bond donors (Lipinski definition) is 5. The van der Waals surface area contributed by atoms with Gasteiger partial charge in [0.05, 0.1) is 17.5 Å². The second kappa shape index (κ2) is 11.7. The number of nitrogens with zero attached hydrogens (tertiary/aromatic N) is 2. The van der Waals surface area contributed by atoms with Crippen LogP contribution in [0.5, 0.6) is 5.88 Å². The number of aliphatic hydroxyl groups is 2. The molecule has 4 rings (SSSR count). The quantitative estimate of drug-likeness (QED) is 0.330. The second-order valence-corrected chi connectivity index (χ2v) is 7.92. The van der Waals surface area contributed by atoms with Crippen LogP contribution in [-0.4, -0.2) is 74.0 Å². The Morgan fingerprint density at radius 2 is 1.80 bits per heavy atom. The summed E-state index contributed by atoms with van der Waals surface area (Å²) >= 11 is 0. The van der Waals surface area contributed by atoms with Crippen LogP contribution in [0.4, 0.5) is 8.78 Å². The number of fused-ring (bicyclic) bond motifs is 1. The summed E-state index contributed by atoms with van der Waals surface area (Å²) in [4.78, 5) is 19.5. The zero-order chi connectivity index (χ0) is 25.5. The normalized spacial score (nSPS) is 17.2. The first kappa shape index (κ1) is 26.0. The molecule has 1 saturated heterocycles. The number of rotatable bonds is 7. The van der Waals surface area contributed by atoms with Crippen molar-refractivity contribution in [3.8, 4) is 11.6 Å². The molecule has 0 aliphatic carbocycles. The fraction of sp³-hybridized carbons (Fsp3) is 0.348. The maximum absolute atomic E-state index is 14.2. The Morgan fingerprint density at radius 1 is 1.11 bits per heavy atom. The van der Waals surface area contributed by atoms with Crippen LogP contribution in [0.3, 0.4) is 0 Å². The number of hydrogen-bond acceptors (Lipinski definition) is 7. The van der Waals surface area contributed by atoms with Crippen LogP contribution in [0.2, 0.25) is 0 Å². The highest BCUT2D eigenvalue weighted by molar-refractivity contribution is 5.86. The first-order valence-electron chi connectivity index (χ1n) is 10.8. The molecule has 35 heavy (non-hydrogen) atoms. The molecule has 1 aromatic heterocycles. The zero-order valence-corrected chi connectivity index (χ0v) is 18.5. The molecule has 0 saturated carbocycles. The van der Waals surface area contributed by atoms with E-state index in [2.05, 4.69) is 10.4 Å². The number of aromatic nitrogens is 2. The number of para-hydroxylation sites is 1. The highest BCUT2D eigenvalue weighted by Crippen LogP contribution is 2.29. The van der Waals surface area contributed by atoms with E-state index in [1.54, 1.807) is 24.3 Å². The molecule has 3 aromatic rings. The van der Waals surface area contributed by atoms with E-state index < -0.39 is 24.1 Å². The van der Waals surface area contributed by atoms with E-state index in [1.807, 2.05) is 0 Å². The van der Waals surface area contributed by atoms with Crippen molar-refractivity contribution in [3.05, 3.63) is 54.1 Å². The summed E-state index contributed by atoms with van der Waals surface area (Å²) < 4.78 is 35.3. The van der Waals surface area contributed by atoms with Gasteiger partial charge in [-0.05, 0) is 49.7 Å². The van der Waals surface area contributed by atoms with Gasteiger partial charge < -0.3 is 30.5 Å². The molecule has 1 aliphatic rings. The summed E-state index contributed by atoms with van der Waals surface area (Å²) in [6.07, 6.45) is -2.32. The van der Waals surface area contributed by atoms with Crippen LogP contribution in [0.1, 0.15) is 12.8 Å². The van der Waals surface area contributed by atoms with Crippen molar-refractivity contribution in [2.24, 2.45) is 5.92 Å². The predicted molar refractivity (Wildman–Crippen MR) is 119 cm³/mol. The number of benzene rings is 2. The van der Waals surface area contributed by atoms with E-state index >= 15 is 0 Å². The lowest BCUT2D eigenvalue weighted by atomic mass is 10.0. The van der Waals surface area contributed by atoms with Crippen LogP contribution < -0.4 is 10.1 Å². The lowest BCUT2D eigenvalue weighted by Crippen LogP contribution is -2.39. The monoisotopic (exact) mass is 493 g/mol.